The number of benzene rings is 1. The van der Waals surface area contributed by atoms with Gasteiger partial charge in [0.05, 0.1) is 6.10 Å². The van der Waals surface area contributed by atoms with Crippen LogP contribution in [-0.4, -0.2) is 54.2 Å². The number of likely N-dealkylation sites (tertiary alicyclic amines) is 2. The molecule has 132 valence electrons. The summed E-state index contributed by atoms with van der Waals surface area (Å²) >= 11 is 0. The molecule has 2 unspecified atom stereocenters. The minimum atomic E-state index is -0.00242. The Kier molecular flexibility index (Phi) is 5.61. The molecule has 2 atom stereocenters. The zero-order valence-corrected chi connectivity index (χ0v) is 14.8. The van der Waals surface area contributed by atoms with Gasteiger partial charge in [0.15, 0.2) is 0 Å². The van der Waals surface area contributed by atoms with Gasteiger partial charge in [-0.05, 0) is 57.8 Å². The van der Waals surface area contributed by atoms with Crippen LogP contribution in [0.5, 0.6) is 5.75 Å². The lowest BCUT2D eigenvalue weighted by atomic mass is 10.2. The highest BCUT2D eigenvalue weighted by atomic mass is 16.5. The van der Waals surface area contributed by atoms with E-state index in [0.717, 1.165) is 37.4 Å². The molecule has 0 aromatic heterocycles. The minimum Gasteiger partial charge on any atom is -0.491 e. The number of carbonyl (C=O) groups is 1. The zero-order chi connectivity index (χ0) is 16.9. The van der Waals surface area contributed by atoms with Crippen molar-refractivity contribution >= 4 is 11.7 Å². The molecule has 5 heteroatoms. The molecule has 2 heterocycles. The molecule has 3 rings (SSSR count). The van der Waals surface area contributed by atoms with Gasteiger partial charge in [-0.1, -0.05) is 13.0 Å². The van der Waals surface area contributed by atoms with E-state index >= 15 is 0 Å². The molecule has 0 radical (unpaired) electrons. The highest BCUT2D eigenvalue weighted by Gasteiger charge is 2.31. The van der Waals surface area contributed by atoms with E-state index < -0.39 is 0 Å². The Labute approximate surface area is 145 Å². The molecular formula is C19H29N3O2. The fraction of sp³-hybridized carbons (Fsp3) is 0.632. The molecule has 0 bridgehead atoms. The van der Waals surface area contributed by atoms with Crippen molar-refractivity contribution in [1.29, 1.82) is 0 Å². The van der Waals surface area contributed by atoms with Gasteiger partial charge in [0.2, 0.25) is 0 Å². The van der Waals surface area contributed by atoms with Crippen molar-refractivity contribution in [3.05, 3.63) is 24.3 Å². The zero-order valence-electron chi connectivity index (χ0n) is 14.8. The summed E-state index contributed by atoms with van der Waals surface area (Å²) < 4.78 is 5.82. The third-order valence-electron chi connectivity index (χ3n) is 5.11. The van der Waals surface area contributed by atoms with Crippen LogP contribution in [0.15, 0.2) is 24.3 Å². The van der Waals surface area contributed by atoms with Crippen molar-refractivity contribution in [2.24, 2.45) is 0 Å². The number of urea groups is 1. The molecule has 2 fully saturated rings. The van der Waals surface area contributed by atoms with Gasteiger partial charge in [-0.3, -0.25) is 4.90 Å². The number of hydrogen-bond donors (Lipinski definition) is 1. The van der Waals surface area contributed by atoms with Crippen molar-refractivity contribution in [3.8, 4) is 5.75 Å². The molecule has 1 aromatic rings. The van der Waals surface area contributed by atoms with Gasteiger partial charge in [-0.15, -0.1) is 0 Å². The largest absolute Gasteiger partial charge is 0.491 e. The van der Waals surface area contributed by atoms with Crippen molar-refractivity contribution in [1.82, 2.24) is 9.80 Å². The van der Waals surface area contributed by atoms with Gasteiger partial charge in [-0.25, -0.2) is 4.79 Å². The summed E-state index contributed by atoms with van der Waals surface area (Å²) in [5.41, 5.74) is 0.797. The van der Waals surface area contributed by atoms with E-state index in [-0.39, 0.29) is 12.1 Å². The average Bonchev–Trinajstić information content (AvgIpc) is 3.26. The molecule has 2 amide bonds. The maximum absolute atomic E-state index is 12.5. The Morgan fingerprint density at radius 3 is 2.88 bits per heavy atom. The highest BCUT2D eigenvalue weighted by Crippen LogP contribution is 2.23. The fourth-order valence-corrected chi connectivity index (χ4v) is 3.50. The van der Waals surface area contributed by atoms with Gasteiger partial charge in [0, 0.05) is 30.9 Å². The van der Waals surface area contributed by atoms with Gasteiger partial charge in [0.25, 0.3) is 0 Å². The molecule has 0 aliphatic carbocycles. The maximum atomic E-state index is 12.5. The number of hydrogen-bond acceptors (Lipinski definition) is 3. The van der Waals surface area contributed by atoms with E-state index in [2.05, 4.69) is 17.1 Å². The van der Waals surface area contributed by atoms with Crippen molar-refractivity contribution in [2.75, 3.05) is 31.5 Å². The summed E-state index contributed by atoms with van der Waals surface area (Å²) in [6.45, 7) is 8.21. The number of anilines is 1. The number of ether oxygens (including phenoxy) is 1. The lowest BCUT2D eigenvalue weighted by Crippen LogP contribution is -2.38. The average molecular weight is 331 g/mol. The van der Waals surface area contributed by atoms with E-state index in [1.807, 2.05) is 36.1 Å². The van der Waals surface area contributed by atoms with Crippen LogP contribution in [0.3, 0.4) is 0 Å². The predicted octanol–water partition coefficient (Wildman–Crippen LogP) is 3.57. The second-order valence-corrected chi connectivity index (χ2v) is 6.93. The summed E-state index contributed by atoms with van der Waals surface area (Å²) in [4.78, 5) is 17.0. The third-order valence-corrected chi connectivity index (χ3v) is 5.11. The standard InChI is InChI=1S/C19H29N3O2/c1-3-15(2)24-18-8-6-7-16(13-18)20-19(23)22-12-9-17(14-22)21-10-4-5-11-21/h6-8,13,15,17H,3-5,9-12,14H2,1-2H3,(H,20,23). The first kappa shape index (κ1) is 17.1. The van der Waals surface area contributed by atoms with Crippen molar-refractivity contribution in [2.45, 2.75) is 51.7 Å². The van der Waals surface area contributed by atoms with Gasteiger partial charge >= 0.3 is 6.03 Å². The second-order valence-electron chi connectivity index (χ2n) is 6.93. The molecule has 1 N–H and O–H groups in total. The minimum absolute atomic E-state index is 0.00242. The van der Waals surface area contributed by atoms with Gasteiger partial charge in [0.1, 0.15) is 5.75 Å². The van der Waals surface area contributed by atoms with E-state index in [1.165, 1.54) is 25.9 Å². The second kappa shape index (κ2) is 7.88. The van der Waals surface area contributed by atoms with E-state index in [4.69, 9.17) is 4.74 Å². The summed E-state index contributed by atoms with van der Waals surface area (Å²) in [5, 5.41) is 3.02. The van der Waals surface area contributed by atoms with Crippen LogP contribution in [0.25, 0.3) is 0 Å². The van der Waals surface area contributed by atoms with E-state index in [9.17, 15) is 4.79 Å². The summed E-state index contributed by atoms with van der Waals surface area (Å²) in [6, 6.07) is 8.20. The number of rotatable bonds is 5. The summed E-state index contributed by atoms with van der Waals surface area (Å²) in [6.07, 6.45) is 4.82. The quantitative estimate of drug-likeness (QED) is 0.897. The Balaban J connectivity index is 1.54. The van der Waals surface area contributed by atoms with Crippen LogP contribution in [0.2, 0.25) is 0 Å². The number of nitrogens with one attached hydrogen (secondary N) is 1. The van der Waals surface area contributed by atoms with Crippen LogP contribution in [-0.2, 0) is 0 Å². The van der Waals surface area contributed by atoms with Crippen LogP contribution in [0.4, 0.5) is 10.5 Å². The topological polar surface area (TPSA) is 44.8 Å². The van der Waals surface area contributed by atoms with Crippen LogP contribution in [0.1, 0.15) is 39.5 Å². The molecule has 5 nitrogen and oxygen atoms in total. The van der Waals surface area contributed by atoms with Crippen molar-refractivity contribution < 1.29 is 9.53 Å². The highest BCUT2D eigenvalue weighted by molar-refractivity contribution is 5.89. The van der Waals surface area contributed by atoms with E-state index in [1.54, 1.807) is 0 Å². The molecule has 1 aromatic carbocycles. The first-order valence-electron chi connectivity index (χ1n) is 9.22. The van der Waals surface area contributed by atoms with Crippen molar-refractivity contribution in [3.63, 3.8) is 0 Å². The lowest BCUT2D eigenvalue weighted by molar-refractivity contribution is 0.210. The monoisotopic (exact) mass is 331 g/mol. The smallest absolute Gasteiger partial charge is 0.321 e. The molecule has 2 saturated heterocycles. The molecule has 0 saturated carbocycles. The van der Waals surface area contributed by atoms with Gasteiger partial charge < -0.3 is 15.0 Å². The first-order chi connectivity index (χ1) is 11.7. The third kappa shape index (κ3) is 4.20. The molecule has 24 heavy (non-hydrogen) atoms. The van der Waals surface area contributed by atoms with Crippen LogP contribution in [0, 0.1) is 0 Å². The molecule has 0 spiro atoms. The van der Waals surface area contributed by atoms with Crippen LogP contribution >= 0.6 is 0 Å². The normalized spacial score (nSPS) is 22.6. The number of carbonyl (C=O) groups excluding carboxylic acids is 1. The Morgan fingerprint density at radius 2 is 2.12 bits per heavy atom. The molecule has 2 aliphatic heterocycles. The summed E-state index contributed by atoms with van der Waals surface area (Å²) in [7, 11) is 0. The molecular weight excluding hydrogens is 302 g/mol. The Bertz CT molecular complexity index is 557. The first-order valence-corrected chi connectivity index (χ1v) is 9.22. The predicted molar refractivity (Wildman–Crippen MR) is 96.6 cm³/mol. The lowest BCUT2D eigenvalue weighted by Gasteiger charge is -2.23. The molecule has 2 aliphatic rings. The van der Waals surface area contributed by atoms with Crippen LogP contribution < -0.4 is 10.1 Å². The SMILES string of the molecule is CCC(C)Oc1cccc(NC(=O)N2CCC(N3CCCC3)C2)c1. The van der Waals surface area contributed by atoms with Gasteiger partial charge in [-0.2, -0.15) is 0 Å². The summed E-state index contributed by atoms with van der Waals surface area (Å²) in [5.74, 6) is 0.804. The number of nitrogens with zero attached hydrogens (tertiary/aromatic N) is 2. The van der Waals surface area contributed by atoms with E-state index in [0.29, 0.717) is 6.04 Å². The Morgan fingerprint density at radius 1 is 1.33 bits per heavy atom. The number of amides is 2. The fourth-order valence-electron chi connectivity index (χ4n) is 3.50. The Hall–Kier alpha value is -1.75. The maximum Gasteiger partial charge on any atom is 0.321 e.